The minimum atomic E-state index is -0.0848. The van der Waals surface area contributed by atoms with Crippen molar-refractivity contribution in [2.75, 3.05) is 0 Å². The van der Waals surface area contributed by atoms with Crippen LogP contribution in [0.4, 0.5) is 0 Å². The largest absolute Gasteiger partial charge is 0.448 e. The molecule has 6 heteroatoms. The fraction of sp³-hybridized carbons (Fsp3) is 0. The fourth-order valence-electron chi connectivity index (χ4n) is 0.680. The van der Waals surface area contributed by atoms with Crippen LogP contribution in [0.5, 0.6) is 0 Å². The zero-order chi connectivity index (χ0) is 9.68. The standard InChI is InChI=1S/C7H8N4O2/c8-7(9)11-10-3-5-1-2-6(4-12)13-5/h1-4H,(H4,8,9,11)/p+1. The number of hydrogen-bond donors (Lipinski definition) is 3. The summed E-state index contributed by atoms with van der Waals surface area (Å²) >= 11 is 0. The van der Waals surface area contributed by atoms with Crippen molar-refractivity contribution < 1.29 is 14.3 Å². The molecular formula is C7H9N4O2+. The summed E-state index contributed by atoms with van der Waals surface area (Å²) in [5.41, 5.74) is 10.1. The second-order valence-electron chi connectivity index (χ2n) is 2.17. The van der Waals surface area contributed by atoms with Crippen molar-refractivity contribution in [1.29, 1.82) is 0 Å². The summed E-state index contributed by atoms with van der Waals surface area (Å²) in [6.07, 6.45) is 2.03. The summed E-state index contributed by atoms with van der Waals surface area (Å²) < 4.78 is 4.98. The maximum atomic E-state index is 10.2. The van der Waals surface area contributed by atoms with Crippen LogP contribution in [0.3, 0.4) is 0 Å². The summed E-state index contributed by atoms with van der Waals surface area (Å²) in [5, 5.41) is 5.92. The molecule has 1 heterocycles. The molecule has 1 aromatic rings. The van der Waals surface area contributed by atoms with Gasteiger partial charge in [-0.1, -0.05) is 5.10 Å². The number of furan rings is 1. The maximum absolute atomic E-state index is 10.2. The van der Waals surface area contributed by atoms with Crippen LogP contribution in [0.2, 0.25) is 0 Å². The molecule has 6 nitrogen and oxygen atoms in total. The third kappa shape index (κ3) is 2.78. The van der Waals surface area contributed by atoms with Crippen LogP contribution in [0.15, 0.2) is 21.7 Å². The van der Waals surface area contributed by atoms with Crippen LogP contribution in [0.1, 0.15) is 16.3 Å². The monoisotopic (exact) mass is 181 g/mol. The van der Waals surface area contributed by atoms with Gasteiger partial charge in [-0.15, -0.1) is 0 Å². The van der Waals surface area contributed by atoms with Gasteiger partial charge in [-0.05, 0) is 12.1 Å². The first kappa shape index (κ1) is 8.98. The molecule has 1 aromatic heterocycles. The van der Waals surface area contributed by atoms with Gasteiger partial charge in [-0.25, -0.2) is 0 Å². The van der Waals surface area contributed by atoms with E-state index >= 15 is 0 Å². The SMILES string of the molecule is NC(N)=N[NH+]=Cc1ccc(C=O)o1. The summed E-state index contributed by atoms with van der Waals surface area (Å²) in [5.74, 6) is 0.628. The molecule has 0 radical (unpaired) electrons. The molecule has 1 rings (SSSR count). The molecule has 0 bridgehead atoms. The topological polar surface area (TPSA) is 109 Å². The highest BCUT2D eigenvalue weighted by Crippen LogP contribution is 2.00. The number of hydrogen-bond acceptors (Lipinski definition) is 3. The lowest BCUT2D eigenvalue weighted by molar-refractivity contribution is -0.457. The third-order valence-electron chi connectivity index (χ3n) is 1.16. The molecule has 13 heavy (non-hydrogen) atoms. The predicted molar refractivity (Wildman–Crippen MR) is 46.0 cm³/mol. The molecule has 0 spiro atoms. The highest BCUT2D eigenvalue weighted by molar-refractivity contribution is 5.77. The fourth-order valence-corrected chi connectivity index (χ4v) is 0.680. The molecule has 0 fully saturated rings. The second kappa shape index (κ2) is 4.05. The molecule has 0 aliphatic rings. The van der Waals surface area contributed by atoms with E-state index in [9.17, 15) is 4.79 Å². The van der Waals surface area contributed by atoms with Crippen LogP contribution >= 0.6 is 0 Å². The van der Waals surface area contributed by atoms with Gasteiger partial charge in [0.15, 0.2) is 17.8 Å². The van der Waals surface area contributed by atoms with Gasteiger partial charge < -0.3 is 15.9 Å². The van der Waals surface area contributed by atoms with E-state index in [-0.39, 0.29) is 11.7 Å². The Morgan fingerprint density at radius 1 is 1.46 bits per heavy atom. The average molecular weight is 181 g/mol. The number of carbonyl (C=O) groups excluding carboxylic acids is 1. The van der Waals surface area contributed by atoms with Crippen molar-refractivity contribution in [2.24, 2.45) is 16.6 Å². The first-order valence-electron chi connectivity index (χ1n) is 3.45. The van der Waals surface area contributed by atoms with Crippen molar-refractivity contribution in [1.82, 2.24) is 0 Å². The van der Waals surface area contributed by atoms with Crippen LogP contribution in [0.25, 0.3) is 0 Å². The van der Waals surface area contributed by atoms with Crippen molar-refractivity contribution in [3.63, 3.8) is 0 Å². The lowest BCUT2D eigenvalue weighted by atomic mass is 10.4. The van der Waals surface area contributed by atoms with Gasteiger partial charge in [0.1, 0.15) is 0 Å². The van der Waals surface area contributed by atoms with Crippen molar-refractivity contribution >= 4 is 18.5 Å². The average Bonchev–Trinajstić information content (AvgIpc) is 2.52. The van der Waals surface area contributed by atoms with E-state index < -0.39 is 0 Å². The van der Waals surface area contributed by atoms with Crippen molar-refractivity contribution in [3.8, 4) is 0 Å². The smallest absolute Gasteiger partial charge is 0.256 e. The molecule has 0 atom stereocenters. The van der Waals surface area contributed by atoms with E-state index in [4.69, 9.17) is 15.9 Å². The van der Waals surface area contributed by atoms with E-state index in [1.165, 1.54) is 12.3 Å². The van der Waals surface area contributed by atoms with Gasteiger partial charge in [-0.2, -0.15) is 0 Å². The number of rotatable bonds is 3. The highest BCUT2D eigenvalue weighted by Gasteiger charge is 1.99. The first-order valence-corrected chi connectivity index (χ1v) is 3.45. The molecule has 0 saturated carbocycles. The van der Waals surface area contributed by atoms with E-state index in [0.29, 0.717) is 12.0 Å². The molecule has 5 N–H and O–H groups in total. The molecule has 0 aliphatic heterocycles. The Morgan fingerprint density at radius 2 is 2.15 bits per heavy atom. The molecule has 68 valence electrons. The molecule has 0 unspecified atom stereocenters. The number of guanidine groups is 1. The number of nitrogens with one attached hydrogen (secondary N) is 1. The molecule has 0 amide bonds. The van der Waals surface area contributed by atoms with E-state index in [0.717, 1.165) is 0 Å². The number of hydrazone groups is 1. The van der Waals surface area contributed by atoms with Crippen molar-refractivity contribution in [3.05, 3.63) is 23.7 Å². The van der Waals surface area contributed by atoms with Gasteiger partial charge in [0.25, 0.3) is 5.96 Å². The Morgan fingerprint density at radius 3 is 2.69 bits per heavy atom. The van der Waals surface area contributed by atoms with Crippen molar-refractivity contribution in [2.45, 2.75) is 0 Å². The summed E-state index contributed by atoms with van der Waals surface area (Å²) in [6, 6.07) is 3.15. The zero-order valence-electron chi connectivity index (χ0n) is 6.73. The molecule has 0 saturated heterocycles. The van der Waals surface area contributed by atoms with Gasteiger partial charge in [0.2, 0.25) is 6.21 Å². The van der Waals surface area contributed by atoms with E-state index in [2.05, 4.69) is 10.2 Å². The number of aldehydes is 1. The number of carbonyl (C=O) groups is 1. The zero-order valence-corrected chi connectivity index (χ0v) is 6.73. The quantitative estimate of drug-likeness (QED) is 0.212. The van der Waals surface area contributed by atoms with Gasteiger partial charge >= 0.3 is 0 Å². The van der Waals surface area contributed by atoms with Crippen LogP contribution < -0.4 is 16.6 Å². The minimum Gasteiger partial charge on any atom is -0.448 e. The molecule has 0 aliphatic carbocycles. The van der Waals surface area contributed by atoms with Gasteiger partial charge in [0.05, 0.1) is 0 Å². The lowest BCUT2D eigenvalue weighted by Crippen LogP contribution is -2.63. The Bertz CT molecular complexity index is 349. The van der Waals surface area contributed by atoms with Crippen LogP contribution in [-0.4, -0.2) is 18.5 Å². The number of nitrogens with zero attached hydrogens (tertiary/aromatic N) is 1. The van der Waals surface area contributed by atoms with E-state index in [1.807, 2.05) is 0 Å². The summed E-state index contributed by atoms with van der Waals surface area (Å²) in [7, 11) is 0. The molecule has 0 aromatic carbocycles. The van der Waals surface area contributed by atoms with E-state index in [1.54, 1.807) is 6.07 Å². The highest BCUT2D eigenvalue weighted by atomic mass is 16.3. The third-order valence-corrected chi connectivity index (χ3v) is 1.16. The Labute approximate surface area is 73.9 Å². The molecular weight excluding hydrogens is 172 g/mol. The summed E-state index contributed by atoms with van der Waals surface area (Å²) in [6.45, 7) is 0. The van der Waals surface area contributed by atoms with Crippen LogP contribution in [0, 0.1) is 0 Å². The summed E-state index contributed by atoms with van der Waals surface area (Å²) in [4.78, 5) is 10.2. The second-order valence-corrected chi connectivity index (χ2v) is 2.17. The van der Waals surface area contributed by atoms with Crippen LogP contribution in [-0.2, 0) is 0 Å². The Hall–Kier alpha value is -2.11. The maximum Gasteiger partial charge on any atom is 0.256 e. The lowest BCUT2D eigenvalue weighted by Gasteiger charge is -1.78. The normalized spacial score (nSPS) is 10.2. The predicted octanol–water partition coefficient (Wildman–Crippen LogP) is -2.22. The van der Waals surface area contributed by atoms with Gasteiger partial charge in [0, 0.05) is 5.10 Å². The van der Waals surface area contributed by atoms with Gasteiger partial charge in [-0.3, -0.25) is 4.79 Å². The Kier molecular flexibility index (Phi) is 2.80. The first-order chi connectivity index (χ1) is 6.22. The minimum absolute atomic E-state index is 0.0848. The Balaban J connectivity index is 2.69. The number of nitrogens with two attached hydrogens (primary N) is 2.